The summed E-state index contributed by atoms with van der Waals surface area (Å²) in [7, 11) is 0. The van der Waals surface area contributed by atoms with Gasteiger partial charge in [0.15, 0.2) is 0 Å². The van der Waals surface area contributed by atoms with E-state index in [0.29, 0.717) is 5.69 Å². The number of hydrogen-bond donors (Lipinski definition) is 1. The van der Waals surface area contributed by atoms with Crippen molar-refractivity contribution in [3.05, 3.63) is 59.7 Å². The second kappa shape index (κ2) is 7.05. The number of hydrogen-bond acceptors (Lipinski definition) is 3. The van der Waals surface area contributed by atoms with Crippen LogP contribution in [-0.2, 0) is 4.74 Å². The molecule has 0 unspecified atom stereocenters. The van der Waals surface area contributed by atoms with E-state index < -0.39 is 17.6 Å². The molecule has 2 rings (SSSR count). The Hall–Kier alpha value is -2.69. The first-order valence-electron chi connectivity index (χ1n) is 7.21. The van der Waals surface area contributed by atoms with E-state index in [1.807, 2.05) is 45.1 Å². The van der Waals surface area contributed by atoms with E-state index in [-0.39, 0.29) is 0 Å². The standard InChI is InChI=1S/C18H19FN2O2/c1-18(2,3)23-17(22)21-15-9-6-13(7-10-15)4-5-14-8-11-16(19)20-12-14/h4-12H,1-3H3,(H,21,22). The Morgan fingerprint density at radius 3 is 2.26 bits per heavy atom. The fraction of sp³-hybridized carbons (Fsp3) is 0.222. The molecule has 0 aliphatic rings. The van der Waals surface area contributed by atoms with Crippen LogP contribution in [0.15, 0.2) is 42.6 Å². The molecule has 4 nitrogen and oxygen atoms in total. The van der Waals surface area contributed by atoms with Crippen LogP contribution in [0.1, 0.15) is 31.9 Å². The molecule has 0 atom stereocenters. The number of aromatic nitrogens is 1. The van der Waals surface area contributed by atoms with Crippen molar-refractivity contribution in [2.45, 2.75) is 26.4 Å². The third kappa shape index (κ3) is 5.90. The summed E-state index contributed by atoms with van der Waals surface area (Å²) in [6, 6.07) is 10.3. The zero-order valence-electron chi connectivity index (χ0n) is 13.3. The molecule has 0 fully saturated rings. The first-order chi connectivity index (χ1) is 10.8. The second-order valence-corrected chi connectivity index (χ2v) is 6.00. The van der Waals surface area contributed by atoms with Gasteiger partial charge in [-0.05, 0) is 56.2 Å². The van der Waals surface area contributed by atoms with E-state index in [0.717, 1.165) is 11.1 Å². The minimum Gasteiger partial charge on any atom is -0.444 e. The van der Waals surface area contributed by atoms with Crippen molar-refractivity contribution >= 4 is 23.9 Å². The fourth-order valence-electron chi connectivity index (χ4n) is 1.78. The Balaban J connectivity index is 1.96. The van der Waals surface area contributed by atoms with Gasteiger partial charge in [0.05, 0.1) is 0 Å². The molecular weight excluding hydrogens is 295 g/mol. The minimum absolute atomic E-state index is 0.488. The second-order valence-electron chi connectivity index (χ2n) is 6.00. The van der Waals surface area contributed by atoms with Crippen LogP contribution >= 0.6 is 0 Å². The van der Waals surface area contributed by atoms with E-state index in [4.69, 9.17) is 4.74 Å². The van der Waals surface area contributed by atoms with Gasteiger partial charge in [-0.2, -0.15) is 4.39 Å². The van der Waals surface area contributed by atoms with E-state index >= 15 is 0 Å². The molecule has 120 valence electrons. The maximum Gasteiger partial charge on any atom is 0.412 e. The lowest BCUT2D eigenvalue weighted by Gasteiger charge is -2.19. The van der Waals surface area contributed by atoms with Crippen LogP contribution < -0.4 is 5.32 Å². The molecule has 0 saturated heterocycles. The summed E-state index contributed by atoms with van der Waals surface area (Å²) in [6.07, 6.45) is 4.69. The van der Waals surface area contributed by atoms with Crippen LogP contribution in [0.5, 0.6) is 0 Å². The molecule has 1 aromatic heterocycles. The van der Waals surface area contributed by atoms with Crippen molar-refractivity contribution in [3.63, 3.8) is 0 Å². The van der Waals surface area contributed by atoms with Crippen LogP contribution in [0.3, 0.4) is 0 Å². The maximum absolute atomic E-state index is 12.7. The van der Waals surface area contributed by atoms with Gasteiger partial charge in [-0.25, -0.2) is 9.78 Å². The Morgan fingerprint density at radius 2 is 1.70 bits per heavy atom. The third-order valence-corrected chi connectivity index (χ3v) is 2.77. The highest BCUT2D eigenvalue weighted by Crippen LogP contribution is 2.14. The molecule has 0 aliphatic heterocycles. The number of nitrogens with one attached hydrogen (secondary N) is 1. The molecule has 0 bridgehead atoms. The van der Waals surface area contributed by atoms with Crippen molar-refractivity contribution in [2.24, 2.45) is 0 Å². The maximum atomic E-state index is 12.7. The van der Waals surface area contributed by atoms with Gasteiger partial charge < -0.3 is 4.74 Å². The number of anilines is 1. The predicted octanol–water partition coefficient (Wildman–Crippen LogP) is 4.74. The lowest BCUT2D eigenvalue weighted by atomic mass is 10.1. The van der Waals surface area contributed by atoms with Crippen molar-refractivity contribution in [1.82, 2.24) is 4.98 Å². The van der Waals surface area contributed by atoms with Crippen LogP contribution in [0.2, 0.25) is 0 Å². The smallest absolute Gasteiger partial charge is 0.412 e. The number of ether oxygens (including phenoxy) is 1. The van der Waals surface area contributed by atoms with Gasteiger partial charge in [-0.15, -0.1) is 0 Å². The average Bonchev–Trinajstić information content (AvgIpc) is 2.46. The summed E-state index contributed by atoms with van der Waals surface area (Å²) in [5, 5.41) is 2.67. The van der Waals surface area contributed by atoms with Gasteiger partial charge >= 0.3 is 6.09 Å². The molecule has 0 aliphatic carbocycles. The van der Waals surface area contributed by atoms with Gasteiger partial charge in [0.1, 0.15) is 5.60 Å². The topological polar surface area (TPSA) is 51.2 Å². The molecular formula is C18H19FN2O2. The normalized spacial score (nSPS) is 11.5. The molecule has 0 spiro atoms. The van der Waals surface area contributed by atoms with Gasteiger partial charge in [0.2, 0.25) is 5.95 Å². The quantitative estimate of drug-likeness (QED) is 0.833. The Morgan fingerprint density at radius 1 is 1.09 bits per heavy atom. The summed E-state index contributed by atoms with van der Waals surface area (Å²) in [4.78, 5) is 15.3. The lowest BCUT2D eigenvalue weighted by molar-refractivity contribution is 0.0636. The number of rotatable bonds is 3. The van der Waals surface area contributed by atoms with E-state index in [1.54, 1.807) is 18.2 Å². The van der Waals surface area contributed by atoms with Crippen LogP contribution in [0.25, 0.3) is 12.2 Å². The van der Waals surface area contributed by atoms with Crippen molar-refractivity contribution in [1.29, 1.82) is 0 Å². The van der Waals surface area contributed by atoms with Crippen LogP contribution in [0.4, 0.5) is 14.9 Å². The molecule has 0 saturated carbocycles. The summed E-state index contributed by atoms with van der Waals surface area (Å²) in [6.45, 7) is 5.43. The number of benzene rings is 1. The number of amides is 1. The minimum atomic E-state index is -0.532. The summed E-state index contributed by atoms with van der Waals surface area (Å²) < 4.78 is 17.9. The van der Waals surface area contributed by atoms with Crippen LogP contribution in [-0.4, -0.2) is 16.7 Å². The van der Waals surface area contributed by atoms with Crippen molar-refractivity contribution in [3.8, 4) is 0 Å². The Bertz CT molecular complexity index is 686. The van der Waals surface area contributed by atoms with Gasteiger partial charge in [0.25, 0.3) is 0 Å². The SMILES string of the molecule is CC(C)(C)OC(=O)Nc1ccc(C=Cc2ccc(F)nc2)cc1. The summed E-state index contributed by atoms with van der Waals surface area (Å²) >= 11 is 0. The lowest BCUT2D eigenvalue weighted by Crippen LogP contribution is -2.27. The highest BCUT2D eigenvalue weighted by molar-refractivity contribution is 5.85. The average molecular weight is 314 g/mol. The molecule has 1 amide bonds. The summed E-state index contributed by atoms with van der Waals surface area (Å²) in [5.74, 6) is -0.500. The number of halogens is 1. The molecule has 1 heterocycles. The fourth-order valence-corrected chi connectivity index (χ4v) is 1.78. The largest absolute Gasteiger partial charge is 0.444 e. The first kappa shape index (κ1) is 16.7. The molecule has 5 heteroatoms. The molecule has 1 aromatic carbocycles. The van der Waals surface area contributed by atoms with E-state index in [1.165, 1.54) is 12.3 Å². The number of nitrogens with zero attached hydrogens (tertiary/aromatic N) is 1. The molecule has 23 heavy (non-hydrogen) atoms. The number of carbonyl (C=O) groups excluding carboxylic acids is 1. The van der Waals surface area contributed by atoms with Crippen LogP contribution in [0, 0.1) is 5.95 Å². The van der Waals surface area contributed by atoms with Gasteiger partial charge in [0, 0.05) is 11.9 Å². The number of pyridine rings is 1. The van der Waals surface area contributed by atoms with Crippen molar-refractivity contribution in [2.75, 3.05) is 5.32 Å². The zero-order chi connectivity index (χ0) is 16.9. The van der Waals surface area contributed by atoms with Gasteiger partial charge in [-0.3, -0.25) is 5.32 Å². The first-order valence-corrected chi connectivity index (χ1v) is 7.21. The number of carbonyl (C=O) groups is 1. The zero-order valence-corrected chi connectivity index (χ0v) is 13.3. The summed E-state index contributed by atoms with van der Waals surface area (Å²) in [5.41, 5.74) is 1.88. The molecule has 1 N–H and O–H groups in total. The Labute approximate surface area is 135 Å². The predicted molar refractivity (Wildman–Crippen MR) is 89.4 cm³/mol. The van der Waals surface area contributed by atoms with E-state index in [2.05, 4.69) is 10.3 Å². The molecule has 0 radical (unpaired) electrons. The van der Waals surface area contributed by atoms with Gasteiger partial charge in [-0.1, -0.05) is 24.3 Å². The van der Waals surface area contributed by atoms with E-state index in [9.17, 15) is 9.18 Å². The highest BCUT2D eigenvalue weighted by Gasteiger charge is 2.15. The molecule has 2 aromatic rings. The highest BCUT2D eigenvalue weighted by atomic mass is 19.1. The Kier molecular flexibility index (Phi) is 5.11. The third-order valence-electron chi connectivity index (χ3n) is 2.77. The monoisotopic (exact) mass is 314 g/mol. The van der Waals surface area contributed by atoms with Crippen molar-refractivity contribution < 1.29 is 13.9 Å².